The van der Waals surface area contributed by atoms with Gasteiger partial charge in [0.25, 0.3) is 5.91 Å². The predicted molar refractivity (Wildman–Crippen MR) is 74.3 cm³/mol. The summed E-state index contributed by atoms with van der Waals surface area (Å²) >= 11 is 0. The van der Waals surface area contributed by atoms with E-state index in [9.17, 15) is 9.59 Å². The molecule has 1 aromatic carbocycles. The van der Waals surface area contributed by atoms with Crippen molar-refractivity contribution < 1.29 is 14.3 Å². The number of fused-ring (bicyclic) bond motifs is 1. The number of cyclic esters (lactones) is 1. The topological polar surface area (TPSA) is 46.6 Å². The molecule has 3 rings (SSSR count). The molecular formula is C16H19NO3. The van der Waals surface area contributed by atoms with Crippen LogP contribution in [0.4, 0.5) is 0 Å². The maximum atomic E-state index is 12.5. The summed E-state index contributed by atoms with van der Waals surface area (Å²) in [6.07, 6.45) is 1.91. The molecular weight excluding hydrogens is 254 g/mol. The van der Waals surface area contributed by atoms with E-state index in [0.29, 0.717) is 17.9 Å². The Hall–Kier alpha value is -1.84. The van der Waals surface area contributed by atoms with E-state index in [0.717, 1.165) is 31.5 Å². The Balaban J connectivity index is 1.73. The fourth-order valence-corrected chi connectivity index (χ4v) is 2.90. The van der Waals surface area contributed by atoms with E-state index in [1.807, 2.05) is 23.1 Å². The number of carbonyl (C=O) groups excluding carboxylic acids is 2. The van der Waals surface area contributed by atoms with E-state index in [1.54, 1.807) is 6.07 Å². The van der Waals surface area contributed by atoms with Gasteiger partial charge in [0.05, 0.1) is 5.56 Å². The first kappa shape index (κ1) is 13.2. The minimum Gasteiger partial charge on any atom is -0.448 e. The van der Waals surface area contributed by atoms with Gasteiger partial charge in [-0.2, -0.15) is 0 Å². The van der Waals surface area contributed by atoms with Gasteiger partial charge in [-0.25, -0.2) is 4.79 Å². The molecule has 1 fully saturated rings. The normalized spacial score (nSPS) is 23.1. The fraction of sp³-hybridized carbons (Fsp3) is 0.500. The maximum Gasteiger partial charge on any atom is 0.339 e. The van der Waals surface area contributed by atoms with E-state index in [-0.39, 0.29) is 11.9 Å². The van der Waals surface area contributed by atoms with Crippen LogP contribution in [0, 0.1) is 5.92 Å². The largest absolute Gasteiger partial charge is 0.448 e. The lowest BCUT2D eigenvalue weighted by molar-refractivity contribution is -0.142. The summed E-state index contributed by atoms with van der Waals surface area (Å²) in [5, 5.41) is 0. The van der Waals surface area contributed by atoms with Crippen molar-refractivity contribution in [2.24, 2.45) is 5.92 Å². The molecule has 0 bridgehead atoms. The van der Waals surface area contributed by atoms with Gasteiger partial charge >= 0.3 is 5.97 Å². The molecule has 106 valence electrons. The molecule has 4 nitrogen and oxygen atoms in total. The second-order valence-corrected chi connectivity index (χ2v) is 5.76. The van der Waals surface area contributed by atoms with Crippen LogP contribution in [0.2, 0.25) is 0 Å². The number of ether oxygens (including phenoxy) is 1. The summed E-state index contributed by atoms with van der Waals surface area (Å²) in [6, 6.07) is 7.35. The lowest BCUT2D eigenvalue weighted by Gasteiger charge is -2.34. The van der Waals surface area contributed by atoms with Gasteiger partial charge in [0.2, 0.25) is 0 Å². The third kappa shape index (κ3) is 2.42. The Morgan fingerprint density at radius 2 is 1.95 bits per heavy atom. The molecule has 1 saturated heterocycles. The average Bonchev–Trinajstić information content (AvgIpc) is 2.47. The molecule has 0 saturated carbocycles. The number of hydrogen-bond acceptors (Lipinski definition) is 3. The van der Waals surface area contributed by atoms with Crippen molar-refractivity contribution in [2.45, 2.75) is 32.3 Å². The summed E-state index contributed by atoms with van der Waals surface area (Å²) in [5.74, 6) is 0.254. The first-order chi connectivity index (χ1) is 9.65. The van der Waals surface area contributed by atoms with Gasteiger partial charge in [0.1, 0.15) is 0 Å². The minimum atomic E-state index is -0.647. The Labute approximate surface area is 118 Å². The van der Waals surface area contributed by atoms with Crippen LogP contribution in [0.1, 0.15) is 35.7 Å². The Bertz CT molecular complexity index is 532. The molecule has 4 heteroatoms. The third-order valence-electron chi connectivity index (χ3n) is 4.26. The second-order valence-electron chi connectivity index (χ2n) is 5.76. The number of piperidine rings is 1. The molecule has 20 heavy (non-hydrogen) atoms. The first-order valence-electron chi connectivity index (χ1n) is 7.23. The van der Waals surface area contributed by atoms with Crippen LogP contribution in [0.3, 0.4) is 0 Å². The number of hydrogen-bond donors (Lipinski definition) is 0. The molecule has 1 unspecified atom stereocenters. The lowest BCUT2D eigenvalue weighted by atomic mass is 9.96. The maximum absolute atomic E-state index is 12.5. The molecule has 0 radical (unpaired) electrons. The van der Waals surface area contributed by atoms with Crippen LogP contribution >= 0.6 is 0 Å². The van der Waals surface area contributed by atoms with Crippen LogP contribution in [0.15, 0.2) is 24.3 Å². The quantitative estimate of drug-likeness (QED) is 0.735. The van der Waals surface area contributed by atoms with E-state index in [1.165, 1.54) is 0 Å². The van der Waals surface area contributed by atoms with Crippen molar-refractivity contribution >= 4 is 11.9 Å². The molecule has 2 aliphatic rings. The van der Waals surface area contributed by atoms with Crippen molar-refractivity contribution in [1.82, 2.24) is 4.90 Å². The molecule has 0 aromatic heterocycles. The zero-order chi connectivity index (χ0) is 14.1. The average molecular weight is 273 g/mol. The molecule has 1 atom stereocenters. The van der Waals surface area contributed by atoms with Crippen LogP contribution in [0.5, 0.6) is 0 Å². The van der Waals surface area contributed by atoms with Gasteiger partial charge in [-0.3, -0.25) is 4.79 Å². The molecule has 2 heterocycles. The highest BCUT2D eigenvalue weighted by Gasteiger charge is 2.34. The van der Waals surface area contributed by atoms with Gasteiger partial charge in [-0.1, -0.05) is 25.1 Å². The number of likely N-dealkylation sites (tertiary alicyclic amines) is 1. The van der Waals surface area contributed by atoms with Crippen molar-refractivity contribution in [3.63, 3.8) is 0 Å². The van der Waals surface area contributed by atoms with Crippen LogP contribution < -0.4 is 0 Å². The highest BCUT2D eigenvalue weighted by atomic mass is 16.5. The van der Waals surface area contributed by atoms with E-state index >= 15 is 0 Å². The number of carbonyl (C=O) groups is 2. The molecule has 2 aliphatic heterocycles. The third-order valence-corrected chi connectivity index (χ3v) is 4.26. The smallest absolute Gasteiger partial charge is 0.339 e. The van der Waals surface area contributed by atoms with Crippen LogP contribution in [-0.2, 0) is 16.0 Å². The zero-order valence-electron chi connectivity index (χ0n) is 11.7. The Kier molecular flexibility index (Phi) is 3.47. The minimum absolute atomic E-state index is 0.0419. The van der Waals surface area contributed by atoms with Gasteiger partial charge in [0.15, 0.2) is 6.10 Å². The number of esters is 1. The molecule has 1 amide bonds. The SMILES string of the molecule is CC1CCN(C(=O)C2Cc3ccccc3C(=O)O2)CC1. The van der Waals surface area contributed by atoms with Crippen molar-refractivity contribution in [1.29, 1.82) is 0 Å². The van der Waals surface area contributed by atoms with Gasteiger partial charge in [0, 0.05) is 19.5 Å². The number of nitrogens with zero attached hydrogens (tertiary/aromatic N) is 1. The summed E-state index contributed by atoms with van der Waals surface area (Å²) in [6.45, 7) is 3.75. The summed E-state index contributed by atoms with van der Waals surface area (Å²) in [4.78, 5) is 26.2. The number of rotatable bonds is 1. The van der Waals surface area contributed by atoms with Crippen molar-refractivity contribution in [3.8, 4) is 0 Å². The summed E-state index contributed by atoms with van der Waals surface area (Å²) in [7, 11) is 0. The van der Waals surface area contributed by atoms with E-state index in [2.05, 4.69) is 6.92 Å². The monoisotopic (exact) mass is 273 g/mol. The highest BCUT2D eigenvalue weighted by molar-refractivity contribution is 5.95. The van der Waals surface area contributed by atoms with E-state index < -0.39 is 6.10 Å². The summed E-state index contributed by atoms with van der Waals surface area (Å²) in [5.41, 5.74) is 1.50. The zero-order valence-corrected chi connectivity index (χ0v) is 11.7. The standard InChI is InChI=1S/C16H19NO3/c1-11-6-8-17(9-7-11)15(18)14-10-12-4-2-3-5-13(12)16(19)20-14/h2-5,11,14H,6-10H2,1H3. The highest BCUT2D eigenvalue weighted by Crippen LogP contribution is 2.23. The van der Waals surface area contributed by atoms with Gasteiger partial charge < -0.3 is 9.64 Å². The fourth-order valence-electron chi connectivity index (χ4n) is 2.90. The predicted octanol–water partition coefficient (Wildman–Crippen LogP) is 2.03. The number of amides is 1. The molecule has 0 spiro atoms. The Morgan fingerprint density at radius 1 is 1.25 bits per heavy atom. The summed E-state index contributed by atoms with van der Waals surface area (Å²) < 4.78 is 5.32. The van der Waals surface area contributed by atoms with Gasteiger partial charge in [-0.15, -0.1) is 0 Å². The molecule has 0 N–H and O–H groups in total. The van der Waals surface area contributed by atoms with Crippen LogP contribution in [-0.4, -0.2) is 36.0 Å². The second kappa shape index (κ2) is 5.27. The van der Waals surface area contributed by atoms with Gasteiger partial charge in [-0.05, 0) is 30.4 Å². The number of benzene rings is 1. The first-order valence-corrected chi connectivity index (χ1v) is 7.23. The van der Waals surface area contributed by atoms with E-state index in [4.69, 9.17) is 4.74 Å². The molecule has 0 aliphatic carbocycles. The lowest BCUT2D eigenvalue weighted by Crippen LogP contribution is -2.47. The van der Waals surface area contributed by atoms with Crippen molar-refractivity contribution in [3.05, 3.63) is 35.4 Å². The van der Waals surface area contributed by atoms with Crippen LogP contribution in [0.25, 0.3) is 0 Å². The Morgan fingerprint density at radius 3 is 2.70 bits per heavy atom. The molecule has 1 aromatic rings. The van der Waals surface area contributed by atoms with Crippen molar-refractivity contribution in [2.75, 3.05) is 13.1 Å².